The summed E-state index contributed by atoms with van der Waals surface area (Å²) in [6, 6.07) is 10.8. The number of benzene rings is 1. The maximum Gasteiger partial charge on any atom is 0.0693 e. The van der Waals surface area contributed by atoms with Crippen molar-refractivity contribution in [2.45, 2.75) is 19.4 Å². The lowest BCUT2D eigenvalue weighted by Crippen LogP contribution is -2.23. The van der Waals surface area contributed by atoms with E-state index in [2.05, 4.69) is 73.7 Å². The predicted molar refractivity (Wildman–Crippen MR) is 86.3 cm³/mol. The van der Waals surface area contributed by atoms with Crippen LogP contribution in [0, 0.1) is 0 Å². The Morgan fingerprint density at radius 3 is 2.56 bits per heavy atom. The Balaban J connectivity index is 2.37. The highest BCUT2D eigenvalue weighted by Crippen LogP contribution is 2.35. The standard InChI is InChI=1S/C14H15Br2NS/c1-2-8-17-13(14-12(16)7-9-18-14)10-5-3-4-6-11(10)15/h3-7,9,13,17H,2,8H2,1H3. The van der Waals surface area contributed by atoms with Crippen LogP contribution >= 0.6 is 43.2 Å². The maximum atomic E-state index is 3.65. The Hall–Kier alpha value is -0.160. The minimum Gasteiger partial charge on any atom is -0.306 e. The molecule has 0 aliphatic rings. The van der Waals surface area contributed by atoms with Crippen LogP contribution in [0.4, 0.5) is 0 Å². The van der Waals surface area contributed by atoms with Crippen LogP contribution in [0.25, 0.3) is 0 Å². The monoisotopic (exact) mass is 387 g/mol. The third-order valence-electron chi connectivity index (χ3n) is 2.72. The second-order valence-electron chi connectivity index (χ2n) is 4.04. The van der Waals surface area contributed by atoms with Gasteiger partial charge >= 0.3 is 0 Å². The fourth-order valence-corrected chi connectivity index (χ4v) is 4.06. The summed E-state index contributed by atoms with van der Waals surface area (Å²) in [6.07, 6.45) is 1.13. The van der Waals surface area contributed by atoms with Gasteiger partial charge in [0.25, 0.3) is 0 Å². The average molecular weight is 389 g/mol. The van der Waals surface area contributed by atoms with Crippen LogP contribution in [-0.4, -0.2) is 6.54 Å². The van der Waals surface area contributed by atoms with Gasteiger partial charge in [-0.1, -0.05) is 41.1 Å². The molecular formula is C14H15Br2NS. The van der Waals surface area contributed by atoms with Crippen LogP contribution in [0.2, 0.25) is 0 Å². The molecule has 1 heterocycles. The number of rotatable bonds is 5. The third-order valence-corrected chi connectivity index (χ3v) is 5.38. The first-order chi connectivity index (χ1) is 8.74. The van der Waals surface area contributed by atoms with Crippen molar-refractivity contribution in [3.05, 3.63) is 55.1 Å². The summed E-state index contributed by atoms with van der Waals surface area (Å²) in [5, 5.41) is 5.74. The first kappa shape index (κ1) is 14.3. The van der Waals surface area contributed by atoms with Gasteiger partial charge in [-0.25, -0.2) is 0 Å². The highest BCUT2D eigenvalue weighted by molar-refractivity contribution is 9.10. The predicted octanol–water partition coefficient (Wildman–Crippen LogP) is 5.36. The van der Waals surface area contributed by atoms with E-state index in [1.165, 1.54) is 14.9 Å². The van der Waals surface area contributed by atoms with Crippen LogP contribution in [0.5, 0.6) is 0 Å². The summed E-state index contributed by atoms with van der Waals surface area (Å²) >= 11 is 9.07. The molecule has 2 rings (SSSR count). The molecule has 2 aromatic rings. The Bertz CT molecular complexity index is 510. The molecule has 0 aliphatic heterocycles. The summed E-state index contributed by atoms with van der Waals surface area (Å²) in [5.41, 5.74) is 1.29. The van der Waals surface area contributed by atoms with Crippen molar-refractivity contribution in [2.24, 2.45) is 0 Å². The van der Waals surface area contributed by atoms with Crippen LogP contribution in [0.15, 0.2) is 44.7 Å². The maximum absolute atomic E-state index is 3.65. The van der Waals surface area contributed by atoms with E-state index in [1.54, 1.807) is 11.3 Å². The molecule has 1 unspecified atom stereocenters. The first-order valence-corrected chi connectivity index (χ1v) is 8.41. The molecule has 0 amide bonds. The van der Waals surface area contributed by atoms with E-state index in [-0.39, 0.29) is 6.04 Å². The summed E-state index contributed by atoms with van der Waals surface area (Å²) in [7, 11) is 0. The van der Waals surface area contributed by atoms with Gasteiger partial charge in [0.05, 0.1) is 6.04 Å². The molecule has 0 aliphatic carbocycles. The van der Waals surface area contributed by atoms with E-state index in [0.717, 1.165) is 17.4 Å². The van der Waals surface area contributed by atoms with E-state index >= 15 is 0 Å². The Labute approximate surface area is 129 Å². The number of nitrogens with one attached hydrogen (secondary N) is 1. The Morgan fingerprint density at radius 1 is 1.17 bits per heavy atom. The van der Waals surface area contributed by atoms with Crippen molar-refractivity contribution in [3.63, 3.8) is 0 Å². The SMILES string of the molecule is CCCNC(c1ccccc1Br)c1sccc1Br. The molecule has 0 radical (unpaired) electrons. The van der Waals surface area contributed by atoms with Crippen molar-refractivity contribution < 1.29 is 0 Å². The van der Waals surface area contributed by atoms with Gasteiger partial charge < -0.3 is 5.32 Å². The van der Waals surface area contributed by atoms with Gasteiger partial charge in [0.2, 0.25) is 0 Å². The van der Waals surface area contributed by atoms with E-state index in [1.807, 2.05) is 6.07 Å². The van der Waals surface area contributed by atoms with E-state index in [9.17, 15) is 0 Å². The number of thiophene rings is 1. The van der Waals surface area contributed by atoms with Crippen LogP contribution in [0.3, 0.4) is 0 Å². The fourth-order valence-electron chi connectivity index (χ4n) is 1.85. The van der Waals surface area contributed by atoms with Gasteiger partial charge in [-0.15, -0.1) is 11.3 Å². The van der Waals surface area contributed by atoms with E-state index < -0.39 is 0 Å². The Morgan fingerprint density at radius 2 is 1.94 bits per heavy atom. The second kappa shape index (κ2) is 6.85. The molecule has 1 aromatic carbocycles. The molecular weight excluding hydrogens is 374 g/mol. The third kappa shape index (κ3) is 3.23. The summed E-state index contributed by atoms with van der Waals surface area (Å²) in [5.74, 6) is 0. The summed E-state index contributed by atoms with van der Waals surface area (Å²) in [6.45, 7) is 3.20. The highest BCUT2D eigenvalue weighted by Gasteiger charge is 2.19. The van der Waals surface area contributed by atoms with Gasteiger partial charge in [0.1, 0.15) is 0 Å². The zero-order valence-electron chi connectivity index (χ0n) is 10.1. The first-order valence-electron chi connectivity index (χ1n) is 5.94. The molecule has 18 heavy (non-hydrogen) atoms. The fraction of sp³-hybridized carbons (Fsp3) is 0.286. The van der Waals surface area contributed by atoms with Crippen molar-refractivity contribution in [2.75, 3.05) is 6.54 Å². The molecule has 0 saturated heterocycles. The van der Waals surface area contributed by atoms with Gasteiger partial charge in [-0.2, -0.15) is 0 Å². The van der Waals surface area contributed by atoms with Crippen LogP contribution in [0.1, 0.15) is 29.8 Å². The lowest BCUT2D eigenvalue weighted by molar-refractivity contribution is 0.603. The van der Waals surface area contributed by atoms with E-state index in [4.69, 9.17) is 0 Å². The quantitative estimate of drug-likeness (QED) is 0.726. The lowest BCUT2D eigenvalue weighted by atomic mass is 10.1. The van der Waals surface area contributed by atoms with Crippen molar-refractivity contribution in [1.82, 2.24) is 5.32 Å². The molecule has 0 bridgehead atoms. The molecule has 1 N–H and O–H groups in total. The van der Waals surface area contributed by atoms with E-state index in [0.29, 0.717) is 0 Å². The van der Waals surface area contributed by atoms with Crippen LogP contribution in [-0.2, 0) is 0 Å². The largest absolute Gasteiger partial charge is 0.306 e. The number of hydrogen-bond acceptors (Lipinski definition) is 2. The second-order valence-corrected chi connectivity index (χ2v) is 6.70. The summed E-state index contributed by atoms with van der Waals surface area (Å²) < 4.78 is 2.33. The molecule has 96 valence electrons. The van der Waals surface area contributed by atoms with Crippen molar-refractivity contribution in [3.8, 4) is 0 Å². The molecule has 1 aromatic heterocycles. The molecule has 0 fully saturated rings. The zero-order chi connectivity index (χ0) is 13.0. The normalized spacial score (nSPS) is 12.6. The average Bonchev–Trinajstić information content (AvgIpc) is 2.78. The zero-order valence-corrected chi connectivity index (χ0v) is 14.1. The van der Waals surface area contributed by atoms with Gasteiger partial charge in [0, 0.05) is 13.8 Å². The summed E-state index contributed by atoms with van der Waals surface area (Å²) in [4.78, 5) is 1.33. The smallest absolute Gasteiger partial charge is 0.0693 e. The minimum absolute atomic E-state index is 0.245. The van der Waals surface area contributed by atoms with Crippen molar-refractivity contribution >= 4 is 43.2 Å². The van der Waals surface area contributed by atoms with Crippen molar-refractivity contribution in [1.29, 1.82) is 0 Å². The van der Waals surface area contributed by atoms with Gasteiger partial charge in [0.15, 0.2) is 0 Å². The molecule has 1 atom stereocenters. The number of halogens is 2. The molecule has 1 nitrogen and oxygen atoms in total. The van der Waals surface area contributed by atoms with Crippen LogP contribution < -0.4 is 5.32 Å². The van der Waals surface area contributed by atoms with Gasteiger partial charge in [-0.05, 0) is 52.0 Å². The molecule has 4 heteroatoms. The lowest BCUT2D eigenvalue weighted by Gasteiger charge is -2.19. The Kier molecular flexibility index (Phi) is 5.42. The van der Waals surface area contributed by atoms with Gasteiger partial charge in [-0.3, -0.25) is 0 Å². The molecule has 0 spiro atoms. The molecule has 0 saturated carbocycles. The highest BCUT2D eigenvalue weighted by atomic mass is 79.9. The number of hydrogen-bond donors (Lipinski definition) is 1. The topological polar surface area (TPSA) is 12.0 Å². The minimum atomic E-state index is 0.245.